The Bertz CT molecular complexity index is 1750. The van der Waals surface area contributed by atoms with E-state index in [2.05, 4.69) is 38.9 Å². The predicted molar refractivity (Wildman–Crippen MR) is 157 cm³/mol. The van der Waals surface area contributed by atoms with Crippen molar-refractivity contribution in [3.63, 3.8) is 0 Å². The van der Waals surface area contributed by atoms with Crippen LogP contribution in [0.5, 0.6) is 0 Å². The zero-order valence-electron chi connectivity index (χ0n) is 22.8. The van der Waals surface area contributed by atoms with Crippen molar-refractivity contribution in [3.8, 4) is 6.07 Å². The Balaban J connectivity index is 1.46. The molecule has 2 aromatic heterocycles. The van der Waals surface area contributed by atoms with Gasteiger partial charge in [-0.05, 0) is 54.7 Å². The van der Waals surface area contributed by atoms with Gasteiger partial charge in [-0.2, -0.15) is 5.26 Å². The van der Waals surface area contributed by atoms with Gasteiger partial charge in [0.05, 0.1) is 35.0 Å². The van der Waals surface area contributed by atoms with E-state index in [-0.39, 0.29) is 17.4 Å². The van der Waals surface area contributed by atoms with E-state index < -0.39 is 11.3 Å². The molecule has 0 aliphatic heterocycles. The maximum Gasteiger partial charge on any atom is 0.151 e. The Kier molecular flexibility index (Phi) is 6.87. The normalized spacial score (nSPS) is 15.2. The largest absolute Gasteiger partial charge is 0.377 e. The van der Waals surface area contributed by atoms with Gasteiger partial charge in [-0.25, -0.2) is 13.5 Å². The van der Waals surface area contributed by atoms with E-state index in [1.807, 2.05) is 49.1 Å². The van der Waals surface area contributed by atoms with Crippen LogP contribution in [0.15, 0.2) is 79.1 Å². The number of anilines is 2. The number of benzene rings is 3. The lowest BCUT2D eigenvalue weighted by molar-refractivity contribution is 0.610. The van der Waals surface area contributed by atoms with Gasteiger partial charge in [0.25, 0.3) is 0 Å². The maximum absolute atomic E-state index is 15.7. The fraction of sp³-hybridized carbons (Fsp3) is 0.226. The highest BCUT2D eigenvalue weighted by Crippen LogP contribution is 2.38. The van der Waals surface area contributed by atoms with Gasteiger partial charge in [-0.3, -0.25) is 4.98 Å². The van der Waals surface area contributed by atoms with Gasteiger partial charge < -0.3 is 10.6 Å². The number of halogens is 2. The molecule has 1 aliphatic rings. The Morgan fingerprint density at radius 1 is 1.12 bits per heavy atom. The van der Waals surface area contributed by atoms with Crippen LogP contribution in [0.25, 0.3) is 10.9 Å². The van der Waals surface area contributed by atoms with E-state index in [1.54, 1.807) is 18.2 Å². The topological polar surface area (TPSA) is 91.5 Å². The first-order chi connectivity index (χ1) is 19.9. The number of hydrogen-bond acceptors (Lipinski definition) is 6. The molecule has 0 spiro atoms. The fourth-order valence-electron chi connectivity index (χ4n) is 5.23. The lowest BCUT2D eigenvalue weighted by Gasteiger charge is -2.31. The average molecular weight is 547 g/mol. The van der Waals surface area contributed by atoms with Crippen LogP contribution in [0.2, 0.25) is 0 Å². The van der Waals surface area contributed by atoms with Crippen molar-refractivity contribution in [1.29, 1.82) is 5.26 Å². The highest BCUT2D eigenvalue weighted by Gasteiger charge is 2.34. The lowest BCUT2D eigenvalue weighted by atomic mass is 9.69. The zero-order valence-corrected chi connectivity index (χ0v) is 22.8. The highest BCUT2D eigenvalue weighted by atomic mass is 19.1. The van der Waals surface area contributed by atoms with Crippen molar-refractivity contribution in [3.05, 3.63) is 113 Å². The second kappa shape index (κ2) is 10.7. The van der Waals surface area contributed by atoms with Gasteiger partial charge in [0.2, 0.25) is 0 Å². The van der Waals surface area contributed by atoms with Crippen LogP contribution in [0.1, 0.15) is 60.7 Å². The molecule has 0 radical (unpaired) electrons. The molecule has 0 bridgehead atoms. The fourth-order valence-corrected chi connectivity index (χ4v) is 5.23. The zero-order chi connectivity index (χ0) is 28.6. The Morgan fingerprint density at radius 3 is 2.56 bits per heavy atom. The summed E-state index contributed by atoms with van der Waals surface area (Å²) in [4.78, 5) is 4.28. The van der Waals surface area contributed by atoms with Crippen molar-refractivity contribution in [2.24, 2.45) is 0 Å². The second-order valence-corrected chi connectivity index (χ2v) is 10.6. The average Bonchev–Trinajstić information content (AvgIpc) is 3.72. The van der Waals surface area contributed by atoms with Gasteiger partial charge in [-0.15, -0.1) is 5.10 Å². The molecule has 1 saturated carbocycles. The molecule has 41 heavy (non-hydrogen) atoms. The molecule has 0 amide bonds. The standard InChI is InChI=1S/C31H28BF2N7/c1-2-27(19-6-4-3-5-7-19)37-29-20(16-35)17-36-30-25(29)14-23(15-26(30)34)38-31(32,21-8-10-22(33)11-9-21)28-18-41(40-39-28)24-12-13-24/h3-11,14-15,17-18,24,27,38H,2,12-13,32H2,1H3,(H,36,37)/t27-,31?/m1/s1. The minimum Gasteiger partial charge on any atom is -0.377 e. The van der Waals surface area contributed by atoms with Crippen molar-refractivity contribution in [2.75, 3.05) is 10.6 Å². The summed E-state index contributed by atoms with van der Waals surface area (Å²) >= 11 is 0. The molecule has 1 aliphatic carbocycles. The minimum atomic E-state index is -0.967. The van der Waals surface area contributed by atoms with Crippen LogP contribution < -0.4 is 10.6 Å². The number of nitrogens with zero attached hydrogens (tertiary/aromatic N) is 5. The van der Waals surface area contributed by atoms with Crippen LogP contribution >= 0.6 is 0 Å². The first kappa shape index (κ1) is 26.4. The van der Waals surface area contributed by atoms with Crippen LogP contribution in [0.3, 0.4) is 0 Å². The van der Waals surface area contributed by atoms with Crippen molar-refractivity contribution in [2.45, 2.75) is 43.7 Å². The van der Waals surface area contributed by atoms with Crippen molar-refractivity contribution >= 4 is 30.1 Å². The van der Waals surface area contributed by atoms with Crippen molar-refractivity contribution < 1.29 is 8.78 Å². The maximum atomic E-state index is 15.7. The Morgan fingerprint density at radius 2 is 1.88 bits per heavy atom. The molecular formula is C31H28BF2N7. The van der Waals surface area contributed by atoms with Gasteiger partial charge >= 0.3 is 0 Å². The quantitative estimate of drug-likeness (QED) is 0.226. The number of nitrogens with one attached hydrogen (secondary N) is 2. The smallest absolute Gasteiger partial charge is 0.151 e. The number of aromatic nitrogens is 4. The van der Waals surface area contributed by atoms with E-state index in [9.17, 15) is 9.65 Å². The number of pyridine rings is 1. The van der Waals surface area contributed by atoms with Crippen LogP contribution in [0.4, 0.5) is 20.2 Å². The first-order valence-corrected chi connectivity index (χ1v) is 13.7. The van der Waals surface area contributed by atoms with E-state index >= 15 is 4.39 Å². The molecule has 10 heteroatoms. The third-order valence-corrected chi connectivity index (χ3v) is 7.73. The molecule has 2 N–H and O–H groups in total. The van der Waals surface area contributed by atoms with Gasteiger partial charge in [0.1, 0.15) is 30.9 Å². The van der Waals surface area contributed by atoms with Gasteiger partial charge in [-0.1, -0.05) is 54.6 Å². The lowest BCUT2D eigenvalue weighted by Crippen LogP contribution is -2.38. The minimum absolute atomic E-state index is 0.101. The summed E-state index contributed by atoms with van der Waals surface area (Å²) in [7, 11) is 1.91. The van der Waals surface area contributed by atoms with E-state index in [0.717, 1.165) is 30.4 Å². The molecule has 5 aromatic rings. The summed E-state index contributed by atoms with van der Waals surface area (Å²) in [6.45, 7) is 2.05. The summed E-state index contributed by atoms with van der Waals surface area (Å²) < 4.78 is 31.4. The molecule has 2 heterocycles. The number of hydrogen-bond donors (Lipinski definition) is 2. The first-order valence-electron chi connectivity index (χ1n) is 13.7. The predicted octanol–water partition coefficient (Wildman–Crippen LogP) is 5.82. The molecule has 1 fully saturated rings. The highest BCUT2D eigenvalue weighted by molar-refractivity contribution is 6.19. The molecule has 0 saturated heterocycles. The summed E-state index contributed by atoms with van der Waals surface area (Å²) in [6.07, 6.45) is 6.13. The summed E-state index contributed by atoms with van der Waals surface area (Å²) in [5.41, 5.74) is 2.88. The number of rotatable bonds is 9. The van der Waals surface area contributed by atoms with Crippen LogP contribution in [-0.2, 0) is 5.44 Å². The van der Waals surface area contributed by atoms with Gasteiger partial charge in [0, 0.05) is 17.3 Å². The SMILES string of the molecule is BC(Nc1cc(F)c2ncc(C#N)c(N[C@H](CC)c3ccccc3)c2c1)(c1ccc(F)cc1)c1cn(C2CC2)nn1. The molecular weight excluding hydrogens is 519 g/mol. The molecule has 6 rings (SSSR count). The molecule has 1 unspecified atom stereocenters. The van der Waals surface area contributed by atoms with Crippen LogP contribution in [-0.4, -0.2) is 27.8 Å². The summed E-state index contributed by atoms with van der Waals surface area (Å²) in [6, 6.07) is 21.7. The Hall–Kier alpha value is -4.78. The van der Waals surface area contributed by atoms with Crippen molar-refractivity contribution in [1.82, 2.24) is 20.0 Å². The molecule has 3 aromatic carbocycles. The second-order valence-electron chi connectivity index (χ2n) is 10.6. The van der Waals surface area contributed by atoms with Crippen LogP contribution in [0, 0.1) is 23.0 Å². The van der Waals surface area contributed by atoms with E-state index in [4.69, 9.17) is 0 Å². The molecule has 7 nitrogen and oxygen atoms in total. The third-order valence-electron chi connectivity index (χ3n) is 7.73. The number of nitriles is 1. The van der Waals surface area contributed by atoms with E-state index in [0.29, 0.717) is 34.1 Å². The molecule has 2 atom stereocenters. The third kappa shape index (κ3) is 5.11. The summed E-state index contributed by atoms with van der Waals surface area (Å²) in [5, 5.41) is 26.2. The van der Waals surface area contributed by atoms with E-state index in [1.165, 1.54) is 24.4 Å². The molecule has 204 valence electrons. The van der Waals surface area contributed by atoms with Gasteiger partial charge in [0.15, 0.2) is 5.82 Å². The number of fused-ring (bicyclic) bond motifs is 1. The monoisotopic (exact) mass is 547 g/mol. The summed E-state index contributed by atoms with van der Waals surface area (Å²) in [5.74, 6) is -0.891. The Labute approximate surface area is 237 Å².